The van der Waals surface area contributed by atoms with E-state index < -0.39 is 0 Å². The zero-order valence-corrected chi connectivity index (χ0v) is 17.3. The van der Waals surface area contributed by atoms with Crippen LogP contribution in [-0.4, -0.2) is 17.1 Å². The number of benzene rings is 2. The van der Waals surface area contributed by atoms with Crippen LogP contribution < -0.4 is 11.2 Å². The molecule has 152 valence electrons. The second kappa shape index (κ2) is 10.2. The molecule has 3 N–H and O–H groups in total. The van der Waals surface area contributed by atoms with Crippen LogP contribution in [-0.2, 0) is 0 Å². The van der Waals surface area contributed by atoms with Crippen LogP contribution in [0.4, 0.5) is 5.82 Å². The third-order valence-electron chi connectivity index (χ3n) is 4.88. The maximum absolute atomic E-state index is 12.1. The Morgan fingerprint density at radius 2 is 1.50 bits per heavy atom. The zero-order valence-electron chi connectivity index (χ0n) is 17.3. The van der Waals surface area contributed by atoms with Crippen molar-refractivity contribution in [2.75, 3.05) is 5.73 Å². The highest BCUT2D eigenvalue weighted by Crippen LogP contribution is 2.31. The Morgan fingerprint density at radius 1 is 0.900 bits per heavy atom. The lowest BCUT2D eigenvalue weighted by Gasteiger charge is -2.14. The lowest BCUT2D eigenvalue weighted by molar-refractivity contribution is 0.0955. The van der Waals surface area contributed by atoms with Crippen LogP contribution in [0.15, 0.2) is 78.0 Å². The molecule has 3 rings (SSSR count). The highest BCUT2D eigenvalue weighted by molar-refractivity contribution is 5.95. The fourth-order valence-electron chi connectivity index (χ4n) is 3.36. The molecule has 30 heavy (non-hydrogen) atoms. The maximum Gasteiger partial charge on any atom is 0.272 e. The molecule has 2 aromatic carbocycles. The van der Waals surface area contributed by atoms with E-state index in [2.05, 4.69) is 65.8 Å². The monoisotopic (exact) mass is 398 g/mol. The van der Waals surface area contributed by atoms with Crippen LogP contribution in [0.5, 0.6) is 0 Å². The van der Waals surface area contributed by atoms with Crippen molar-refractivity contribution in [3.63, 3.8) is 0 Å². The van der Waals surface area contributed by atoms with Crippen LogP contribution in [0.2, 0.25) is 0 Å². The summed E-state index contributed by atoms with van der Waals surface area (Å²) < 4.78 is 0. The van der Waals surface area contributed by atoms with Crippen molar-refractivity contribution in [1.29, 1.82) is 0 Å². The van der Waals surface area contributed by atoms with Crippen LogP contribution in [0.1, 0.15) is 53.7 Å². The lowest BCUT2D eigenvalue weighted by Crippen LogP contribution is -2.17. The Hall–Kier alpha value is -3.73. The summed E-state index contributed by atoms with van der Waals surface area (Å²) in [6, 6.07) is 21.9. The number of nitrogens with zero attached hydrogens (tertiary/aromatic N) is 2. The molecule has 0 fully saturated rings. The molecule has 5 nitrogen and oxygen atoms in total. The highest BCUT2D eigenvalue weighted by Gasteiger charge is 2.09. The number of rotatable bonds is 7. The van der Waals surface area contributed by atoms with Gasteiger partial charge in [-0.1, -0.05) is 68.4 Å². The van der Waals surface area contributed by atoms with Crippen molar-refractivity contribution in [2.45, 2.75) is 26.7 Å². The second-order valence-corrected chi connectivity index (χ2v) is 6.82. The Balaban J connectivity index is 1.73. The number of nitrogen functional groups attached to an aromatic ring is 1. The van der Waals surface area contributed by atoms with Crippen LogP contribution in [0.3, 0.4) is 0 Å². The van der Waals surface area contributed by atoms with E-state index in [9.17, 15) is 4.79 Å². The molecule has 5 heteroatoms. The molecule has 0 aliphatic carbocycles. The molecular formula is C25H26N4O. The number of allylic oxidation sites excluding steroid dienone is 2. The van der Waals surface area contributed by atoms with E-state index in [-0.39, 0.29) is 5.91 Å². The summed E-state index contributed by atoms with van der Waals surface area (Å²) >= 11 is 0. The number of hydrogen-bond acceptors (Lipinski definition) is 4. The number of nitrogens with one attached hydrogen (secondary N) is 1. The molecule has 0 saturated heterocycles. The molecule has 0 saturated carbocycles. The Bertz CT molecular complexity index is 1040. The minimum atomic E-state index is -0.331. The molecule has 3 aromatic rings. The quantitative estimate of drug-likeness (QED) is 0.328. The van der Waals surface area contributed by atoms with E-state index in [0.717, 1.165) is 18.4 Å². The Morgan fingerprint density at radius 3 is 2.07 bits per heavy atom. The number of carbonyl (C=O) groups excluding carboxylic acids is 1. The average Bonchev–Trinajstić information content (AvgIpc) is 2.79. The minimum Gasteiger partial charge on any atom is -0.384 e. The van der Waals surface area contributed by atoms with Gasteiger partial charge in [0.1, 0.15) is 5.82 Å². The van der Waals surface area contributed by atoms with Crippen molar-refractivity contribution in [1.82, 2.24) is 10.4 Å². The third kappa shape index (κ3) is 5.20. The van der Waals surface area contributed by atoms with Crippen molar-refractivity contribution in [3.8, 4) is 0 Å². The first-order valence-corrected chi connectivity index (χ1v) is 10.0. The predicted molar refractivity (Wildman–Crippen MR) is 124 cm³/mol. The summed E-state index contributed by atoms with van der Waals surface area (Å²) in [6.45, 7) is 4.38. The first-order chi connectivity index (χ1) is 14.6. The predicted octanol–water partition coefficient (Wildman–Crippen LogP) is 5.16. The van der Waals surface area contributed by atoms with Gasteiger partial charge in [-0.25, -0.2) is 10.4 Å². The largest absolute Gasteiger partial charge is 0.384 e. The van der Waals surface area contributed by atoms with Crippen LogP contribution in [0, 0.1) is 0 Å². The van der Waals surface area contributed by atoms with Gasteiger partial charge in [-0.05, 0) is 52.8 Å². The number of anilines is 1. The van der Waals surface area contributed by atoms with Gasteiger partial charge in [-0.3, -0.25) is 4.79 Å². The number of pyridine rings is 1. The molecule has 0 aliphatic rings. The topological polar surface area (TPSA) is 80.4 Å². The molecule has 1 heterocycles. The molecule has 1 aromatic heterocycles. The zero-order chi connectivity index (χ0) is 21.3. The van der Waals surface area contributed by atoms with Gasteiger partial charge in [0, 0.05) is 6.20 Å². The van der Waals surface area contributed by atoms with Crippen LogP contribution in [0.25, 0.3) is 11.1 Å². The van der Waals surface area contributed by atoms with Gasteiger partial charge in [0.15, 0.2) is 0 Å². The van der Waals surface area contributed by atoms with Crippen LogP contribution >= 0.6 is 0 Å². The van der Waals surface area contributed by atoms with E-state index >= 15 is 0 Å². The fraction of sp³-hybridized carbons (Fsp3) is 0.160. The molecule has 0 spiro atoms. The minimum absolute atomic E-state index is 0.331. The summed E-state index contributed by atoms with van der Waals surface area (Å²) in [7, 11) is 0. The normalized spacial score (nSPS) is 11.9. The lowest BCUT2D eigenvalue weighted by atomic mass is 9.91. The molecule has 0 atom stereocenters. The van der Waals surface area contributed by atoms with Crippen molar-refractivity contribution in [2.24, 2.45) is 5.10 Å². The van der Waals surface area contributed by atoms with E-state index in [1.54, 1.807) is 18.3 Å². The third-order valence-corrected chi connectivity index (χ3v) is 4.88. The van der Waals surface area contributed by atoms with Crippen molar-refractivity contribution in [3.05, 3.63) is 95.2 Å². The summed E-state index contributed by atoms with van der Waals surface area (Å²) in [5.74, 6) is 0.0381. The standard InChI is InChI=1S/C25H26N4O/c1-3-22(19-8-6-5-7-9-19)23(4-2)20-12-10-18(11-13-20)16-28-29-25(30)21-14-15-24(26)27-17-21/h5-17H,3-4H2,1-2H3,(H2,26,27)(H,29,30)/b23-22+,28-16+. The molecule has 0 bridgehead atoms. The van der Waals surface area contributed by atoms with Gasteiger partial charge in [0.25, 0.3) is 5.91 Å². The number of aromatic nitrogens is 1. The Kier molecular flexibility index (Phi) is 7.11. The summed E-state index contributed by atoms with van der Waals surface area (Å²) in [5, 5.41) is 4.04. The molecule has 1 amide bonds. The molecule has 0 radical (unpaired) electrons. The smallest absolute Gasteiger partial charge is 0.272 e. The van der Waals surface area contributed by atoms with E-state index in [1.807, 2.05) is 18.2 Å². The van der Waals surface area contributed by atoms with Crippen molar-refractivity contribution >= 4 is 29.1 Å². The van der Waals surface area contributed by atoms with Gasteiger partial charge in [0.2, 0.25) is 0 Å². The number of carbonyl (C=O) groups is 1. The maximum atomic E-state index is 12.1. The first-order valence-electron chi connectivity index (χ1n) is 10.0. The average molecular weight is 399 g/mol. The van der Waals surface area contributed by atoms with Crippen molar-refractivity contribution < 1.29 is 4.79 Å². The number of hydrogen-bond donors (Lipinski definition) is 2. The first kappa shape index (κ1) is 21.0. The van der Waals surface area contributed by atoms with Gasteiger partial charge in [-0.2, -0.15) is 5.10 Å². The van der Waals surface area contributed by atoms with E-state index in [4.69, 9.17) is 5.73 Å². The van der Waals surface area contributed by atoms with Gasteiger partial charge < -0.3 is 5.73 Å². The number of amides is 1. The van der Waals surface area contributed by atoms with E-state index in [1.165, 1.54) is 28.5 Å². The summed E-state index contributed by atoms with van der Waals surface area (Å²) in [4.78, 5) is 16.0. The fourth-order valence-corrected chi connectivity index (χ4v) is 3.36. The summed E-state index contributed by atoms with van der Waals surface area (Å²) in [6.07, 6.45) is 4.98. The van der Waals surface area contributed by atoms with Gasteiger partial charge in [-0.15, -0.1) is 0 Å². The number of nitrogens with two attached hydrogens (primary N) is 1. The number of hydrazone groups is 1. The van der Waals surface area contributed by atoms with Gasteiger partial charge >= 0.3 is 0 Å². The van der Waals surface area contributed by atoms with E-state index in [0.29, 0.717) is 11.4 Å². The second-order valence-electron chi connectivity index (χ2n) is 6.82. The highest BCUT2D eigenvalue weighted by atomic mass is 16.2. The summed E-state index contributed by atoms with van der Waals surface area (Å²) in [5.41, 5.74) is 14.5. The SMILES string of the molecule is CC/C(=C(/CC)c1ccc(/C=N/NC(=O)c2ccc(N)nc2)cc1)c1ccccc1. The van der Waals surface area contributed by atoms with Gasteiger partial charge in [0.05, 0.1) is 11.8 Å². The molecule has 0 aliphatic heterocycles. The molecule has 0 unspecified atom stereocenters. The molecular weight excluding hydrogens is 372 g/mol. The Labute approximate surface area is 177 Å².